The largest absolute Gasteiger partial charge is 0.382 e. The monoisotopic (exact) mass is 255 g/mol. The van der Waals surface area contributed by atoms with E-state index in [4.69, 9.17) is 4.74 Å². The maximum Gasteiger partial charge on any atom is 0.191 e. The molecule has 1 fully saturated rings. The summed E-state index contributed by atoms with van der Waals surface area (Å²) in [5, 5.41) is 6.85. The SMILES string of the molecule is CCCC1CC1NC(=NC)NCCCCOCC. The molecule has 106 valence electrons. The van der Waals surface area contributed by atoms with E-state index in [1.807, 2.05) is 14.0 Å². The summed E-state index contributed by atoms with van der Waals surface area (Å²) in [6.07, 6.45) is 6.16. The van der Waals surface area contributed by atoms with E-state index in [1.165, 1.54) is 19.3 Å². The number of aliphatic imine (C=N–C) groups is 1. The molecule has 1 saturated carbocycles. The number of nitrogens with one attached hydrogen (secondary N) is 2. The van der Waals surface area contributed by atoms with Crippen LogP contribution in [0, 0.1) is 5.92 Å². The van der Waals surface area contributed by atoms with Gasteiger partial charge in [0, 0.05) is 32.8 Å². The Kier molecular flexibility index (Phi) is 7.81. The minimum absolute atomic E-state index is 0.652. The van der Waals surface area contributed by atoms with Crippen LogP contribution in [0.3, 0.4) is 0 Å². The minimum atomic E-state index is 0.652. The molecular formula is C14H29N3O. The van der Waals surface area contributed by atoms with Gasteiger partial charge >= 0.3 is 0 Å². The summed E-state index contributed by atoms with van der Waals surface area (Å²) in [6.45, 7) is 6.94. The zero-order valence-corrected chi connectivity index (χ0v) is 12.2. The van der Waals surface area contributed by atoms with Gasteiger partial charge in [-0.05, 0) is 38.5 Å². The van der Waals surface area contributed by atoms with Crippen LogP contribution in [0.1, 0.15) is 46.0 Å². The van der Waals surface area contributed by atoms with E-state index in [1.54, 1.807) is 0 Å². The van der Waals surface area contributed by atoms with Gasteiger partial charge in [-0.15, -0.1) is 0 Å². The van der Waals surface area contributed by atoms with E-state index in [2.05, 4.69) is 22.5 Å². The van der Waals surface area contributed by atoms with Crippen LogP contribution in [-0.2, 0) is 4.74 Å². The third-order valence-electron chi connectivity index (χ3n) is 3.34. The molecule has 0 saturated heterocycles. The predicted octanol–water partition coefficient (Wildman–Crippen LogP) is 2.16. The average Bonchev–Trinajstić information content (AvgIpc) is 3.10. The van der Waals surface area contributed by atoms with Crippen molar-refractivity contribution in [2.75, 3.05) is 26.8 Å². The first kappa shape index (κ1) is 15.3. The Labute approximate surface area is 112 Å². The van der Waals surface area contributed by atoms with Gasteiger partial charge in [-0.2, -0.15) is 0 Å². The lowest BCUT2D eigenvalue weighted by Crippen LogP contribution is -2.39. The number of nitrogens with zero attached hydrogens (tertiary/aromatic N) is 1. The van der Waals surface area contributed by atoms with Crippen LogP contribution in [0.15, 0.2) is 4.99 Å². The normalized spacial score (nSPS) is 22.9. The number of rotatable bonds is 9. The highest BCUT2D eigenvalue weighted by molar-refractivity contribution is 5.80. The van der Waals surface area contributed by atoms with Crippen molar-refractivity contribution in [3.63, 3.8) is 0 Å². The third kappa shape index (κ3) is 6.24. The molecule has 2 atom stereocenters. The molecule has 0 amide bonds. The maximum atomic E-state index is 5.31. The highest BCUT2D eigenvalue weighted by atomic mass is 16.5. The van der Waals surface area contributed by atoms with Crippen LogP contribution in [0.4, 0.5) is 0 Å². The highest BCUT2D eigenvalue weighted by Crippen LogP contribution is 2.34. The lowest BCUT2D eigenvalue weighted by atomic mass is 10.2. The van der Waals surface area contributed by atoms with Crippen LogP contribution in [-0.4, -0.2) is 38.8 Å². The zero-order valence-electron chi connectivity index (χ0n) is 12.2. The molecule has 2 unspecified atom stereocenters. The van der Waals surface area contributed by atoms with Crippen molar-refractivity contribution in [1.29, 1.82) is 0 Å². The predicted molar refractivity (Wildman–Crippen MR) is 77.0 cm³/mol. The smallest absolute Gasteiger partial charge is 0.191 e. The van der Waals surface area contributed by atoms with Crippen molar-refractivity contribution in [3.8, 4) is 0 Å². The van der Waals surface area contributed by atoms with E-state index in [9.17, 15) is 0 Å². The lowest BCUT2D eigenvalue weighted by Gasteiger charge is -2.11. The second-order valence-corrected chi connectivity index (χ2v) is 4.94. The molecule has 0 aromatic rings. The van der Waals surface area contributed by atoms with Gasteiger partial charge < -0.3 is 15.4 Å². The van der Waals surface area contributed by atoms with Crippen molar-refractivity contribution in [2.45, 2.75) is 52.0 Å². The zero-order chi connectivity index (χ0) is 13.2. The molecule has 4 nitrogen and oxygen atoms in total. The fourth-order valence-corrected chi connectivity index (χ4v) is 2.16. The average molecular weight is 255 g/mol. The molecule has 0 bridgehead atoms. The van der Waals surface area contributed by atoms with E-state index < -0.39 is 0 Å². The van der Waals surface area contributed by atoms with Crippen LogP contribution < -0.4 is 10.6 Å². The van der Waals surface area contributed by atoms with Crippen molar-refractivity contribution in [1.82, 2.24) is 10.6 Å². The molecule has 0 aromatic carbocycles. The van der Waals surface area contributed by atoms with Gasteiger partial charge in [0.2, 0.25) is 0 Å². The Morgan fingerprint density at radius 2 is 2.17 bits per heavy atom. The van der Waals surface area contributed by atoms with E-state index in [0.717, 1.165) is 44.5 Å². The molecule has 4 heteroatoms. The van der Waals surface area contributed by atoms with Gasteiger partial charge in [0.05, 0.1) is 0 Å². The topological polar surface area (TPSA) is 45.7 Å². The molecule has 18 heavy (non-hydrogen) atoms. The fourth-order valence-electron chi connectivity index (χ4n) is 2.16. The molecule has 2 N–H and O–H groups in total. The molecule has 0 aliphatic heterocycles. The maximum absolute atomic E-state index is 5.31. The summed E-state index contributed by atoms with van der Waals surface area (Å²) in [7, 11) is 1.84. The Bertz CT molecular complexity index is 243. The Hall–Kier alpha value is -0.770. The molecular weight excluding hydrogens is 226 g/mol. The number of ether oxygens (including phenoxy) is 1. The van der Waals surface area contributed by atoms with Crippen LogP contribution in [0.2, 0.25) is 0 Å². The van der Waals surface area contributed by atoms with Crippen molar-refractivity contribution in [3.05, 3.63) is 0 Å². The highest BCUT2D eigenvalue weighted by Gasteiger charge is 2.36. The van der Waals surface area contributed by atoms with Gasteiger partial charge in [0.15, 0.2) is 5.96 Å². The summed E-state index contributed by atoms with van der Waals surface area (Å²) in [4.78, 5) is 4.26. The fraction of sp³-hybridized carbons (Fsp3) is 0.929. The summed E-state index contributed by atoms with van der Waals surface area (Å²) in [5.74, 6) is 1.82. The standard InChI is InChI=1S/C14H29N3O/c1-4-8-12-11-13(12)17-14(15-3)16-9-6-7-10-18-5-2/h12-13H,4-11H2,1-3H3,(H2,15,16,17). The molecule has 0 heterocycles. The summed E-state index contributed by atoms with van der Waals surface area (Å²) >= 11 is 0. The van der Waals surface area contributed by atoms with Gasteiger partial charge in [-0.1, -0.05) is 13.3 Å². The Balaban J connectivity index is 2.01. The van der Waals surface area contributed by atoms with E-state index >= 15 is 0 Å². The first-order valence-corrected chi connectivity index (χ1v) is 7.36. The molecule has 0 aromatic heterocycles. The van der Waals surface area contributed by atoms with Gasteiger partial charge in [-0.3, -0.25) is 4.99 Å². The summed E-state index contributed by atoms with van der Waals surface area (Å²) < 4.78 is 5.31. The molecule has 0 radical (unpaired) electrons. The lowest BCUT2D eigenvalue weighted by molar-refractivity contribution is 0.143. The third-order valence-corrected chi connectivity index (χ3v) is 3.34. The van der Waals surface area contributed by atoms with Gasteiger partial charge in [0.25, 0.3) is 0 Å². The van der Waals surface area contributed by atoms with Crippen molar-refractivity contribution in [2.24, 2.45) is 10.9 Å². The molecule has 1 rings (SSSR count). The Morgan fingerprint density at radius 1 is 1.33 bits per heavy atom. The van der Waals surface area contributed by atoms with Crippen LogP contribution in [0.5, 0.6) is 0 Å². The minimum Gasteiger partial charge on any atom is -0.382 e. The van der Waals surface area contributed by atoms with Crippen LogP contribution in [0.25, 0.3) is 0 Å². The van der Waals surface area contributed by atoms with E-state index in [-0.39, 0.29) is 0 Å². The second-order valence-electron chi connectivity index (χ2n) is 4.94. The van der Waals surface area contributed by atoms with Gasteiger partial charge in [0.1, 0.15) is 0 Å². The molecule has 1 aliphatic carbocycles. The number of hydrogen-bond acceptors (Lipinski definition) is 2. The summed E-state index contributed by atoms with van der Waals surface area (Å²) in [5.41, 5.74) is 0. The summed E-state index contributed by atoms with van der Waals surface area (Å²) in [6, 6.07) is 0.652. The molecule has 1 aliphatic rings. The quantitative estimate of drug-likeness (QED) is 0.377. The van der Waals surface area contributed by atoms with E-state index in [0.29, 0.717) is 6.04 Å². The first-order valence-electron chi connectivity index (χ1n) is 7.36. The second kappa shape index (κ2) is 9.20. The molecule has 0 spiro atoms. The number of guanidine groups is 1. The first-order chi connectivity index (χ1) is 8.81. The number of unbranched alkanes of at least 4 members (excludes halogenated alkanes) is 1. The number of hydrogen-bond donors (Lipinski definition) is 2. The van der Waals surface area contributed by atoms with Crippen molar-refractivity contribution >= 4 is 5.96 Å². The van der Waals surface area contributed by atoms with Crippen LogP contribution >= 0.6 is 0 Å². The Morgan fingerprint density at radius 3 is 2.83 bits per heavy atom. The van der Waals surface area contributed by atoms with Gasteiger partial charge in [-0.25, -0.2) is 0 Å². The van der Waals surface area contributed by atoms with Crippen molar-refractivity contribution < 1.29 is 4.74 Å².